The van der Waals surface area contributed by atoms with Crippen LogP contribution in [-0.4, -0.2) is 42.2 Å². The molecule has 1 fully saturated rings. The van der Waals surface area contributed by atoms with E-state index in [4.69, 9.17) is 14.9 Å². The Morgan fingerprint density at radius 2 is 2.06 bits per heavy atom. The highest BCUT2D eigenvalue weighted by molar-refractivity contribution is 5.84. The largest absolute Gasteiger partial charge is 0.483 e. The molecule has 1 atom stereocenters. The minimum absolute atomic E-state index is 0.128. The van der Waals surface area contributed by atoms with Crippen LogP contribution in [0.25, 0.3) is 0 Å². The summed E-state index contributed by atoms with van der Waals surface area (Å²) in [5, 5.41) is 7.62. The topological polar surface area (TPSA) is 62.6 Å². The first kappa shape index (κ1) is 12.8. The molecular weight excluding hydrogens is 208 g/mol. The lowest BCUT2D eigenvalue weighted by Crippen LogP contribution is -2.43. The molecule has 16 heavy (non-hydrogen) atoms. The van der Waals surface area contributed by atoms with Crippen LogP contribution >= 0.6 is 0 Å². The van der Waals surface area contributed by atoms with Gasteiger partial charge in [-0.25, -0.2) is 4.79 Å². The number of hydrogen-bond acceptors (Lipinski definition) is 4. The fourth-order valence-electron chi connectivity index (χ4n) is 1.71. The molecule has 0 aromatic heterocycles. The maximum absolute atomic E-state index is 11.8. The van der Waals surface area contributed by atoms with Crippen LogP contribution in [0.4, 0.5) is 4.79 Å². The summed E-state index contributed by atoms with van der Waals surface area (Å²) in [6.07, 6.45) is 1.29. The fourth-order valence-corrected chi connectivity index (χ4v) is 1.71. The minimum Gasteiger partial charge on any atom is -0.483 e. The van der Waals surface area contributed by atoms with E-state index < -0.39 is 5.60 Å². The van der Waals surface area contributed by atoms with Gasteiger partial charge in [0, 0.05) is 6.54 Å². The van der Waals surface area contributed by atoms with Crippen molar-refractivity contribution in [3.63, 3.8) is 0 Å². The molecule has 1 N–H and O–H groups in total. The Morgan fingerprint density at radius 3 is 2.56 bits per heavy atom. The predicted octanol–water partition coefficient (Wildman–Crippen LogP) is 2.01. The van der Waals surface area contributed by atoms with E-state index in [1.54, 1.807) is 4.90 Å². The molecule has 0 spiro atoms. The SMILES string of the molecule is COC(=N)[C@@H]1CCCN1C(=O)OC(C)(C)C. The summed E-state index contributed by atoms with van der Waals surface area (Å²) in [6, 6.07) is -0.264. The van der Waals surface area contributed by atoms with E-state index in [0.29, 0.717) is 6.54 Å². The first-order valence-electron chi connectivity index (χ1n) is 5.47. The second kappa shape index (κ2) is 4.72. The van der Waals surface area contributed by atoms with E-state index in [2.05, 4.69) is 0 Å². The quantitative estimate of drug-likeness (QED) is 0.551. The Morgan fingerprint density at radius 1 is 1.44 bits per heavy atom. The number of likely N-dealkylation sites (tertiary alicyclic amines) is 1. The number of carbonyl (C=O) groups excluding carboxylic acids is 1. The zero-order valence-corrected chi connectivity index (χ0v) is 10.4. The van der Waals surface area contributed by atoms with Gasteiger partial charge in [0.25, 0.3) is 0 Å². The van der Waals surface area contributed by atoms with Gasteiger partial charge in [0.2, 0.25) is 5.90 Å². The number of carbonyl (C=O) groups is 1. The van der Waals surface area contributed by atoms with E-state index in [-0.39, 0.29) is 18.0 Å². The minimum atomic E-state index is -0.501. The summed E-state index contributed by atoms with van der Waals surface area (Å²) in [6.45, 7) is 6.12. The highest BCUT2D eigenvalue weighted by atomic mass is 16.6. The van der Waals surface area contributed by atoms with Crippen molar-refractivity contribution >= 4 is 12.0 Å². The van der Waals surface area contributed by atoms with Crippen molar-refractivity contribution < 1.29 is 14.3 Å². The van der Waals surface area contributed by atoms with Gasteiger partial charge in [0.15, 0.2) is 0 Å². The summed E-state index contributed by atoms with van der Waals surface area (Å²) in [7, 11) is 1.45. The Labute approximate surface area is 96.2 Å². The number of nitrogens with zero attached hydrogens (tertiary/aromatic N) is 1. The molecule has 1 heterocycles. The highest BCUT2D eigenvalue weighted by Gasteiger charge is 2.35. The molecule has 0 saturated carbocycles. The average molecular weight is 228 g/mol. The third-order valence-electron chi connectivity index (χ3n) is 2.40. The molecule has 1 rings (SSSR count). The van der Waals surface area contributed by atoms with Crippen LogP contribution in [0.15, 0.2) is 0 Å². The monoisotopic (exact) mass is 228 g/mol. The van der Waals surface area contributed by atoms with Crippen molar-refractivity contribution in [1.29, 1.82) is 5.41 Å². The van der Waals surface area contributed by atoms with Gasteiger partial charge in [-0.3, -0.25) is 10.3 Å². The van der Waals surface area contributed by atoms with E-state index in [9.17, 15) is 4.79 Å². The standard InChI is InChI=1S/C11H20N2O3/c1-11(2,3)16-10(14)13-7-5-6-8(13)9(12)15-4/h8,12H,5-7H2,1-4H3/t8-/m0/s1. The van der Waals surface area contributed by atoms with E-state index >= 15 is 0 Å². The van der Waals surface area contributed by atoms with Gasteiger partial charge in [0.1, 0.15) is 11.6 Å². The maximum atomic E-state index is 11.8. The molecule has 0 aliphatic carbocycles. The average Bonchev–Trinajstić information content (AvgIpc) is 2.62. The molecule has 0 aromatic rings. The molecular formula is C11H20N2O3. The second-order valence-corrected chi connectivity index (χ2v) is 4.90. The maximum Gasteiger partial charge on any atom is 0.410 e. The van der Waals surface area contributed by atoms with E-state index in [0.717, 1.165) is 12.8 Å². The predicted molar refractivity (Wildman–Crippen MR) is 60.7 cm³/mol. The summed E-state index contributed by atoms with van der Waals surface area (Å²) < 4.78 is 10.2. The Hall–Kier alpha value is -1.26. The lowest BCUT2D eigenvalue weighted by atomic mass is 10.2. The normalized spacial score (nSPS) is 20.8. The van der Waals surface area contributed by atoms with Crippen molar-refractivity contribution in [2.75, 3.05) is 13.7 Å². The van der Waals surface area contributed by atoms with Gasteiger partial charge in [-0.15, -0.1) is 0 Å². The summed E-state index contributed by atoms with van der Waals surface area (Å²) in [4.78, 5) is 13.4. The van der Waals surface area contributed by atoms with Gasteiger partial charge >= 0.3 is 6.09 Å². The van der Waals surface area contributed by atoms with Crippen LogP contribution in [0, 0.1) is 5.41 Å². The lowest BCUT2D eigenvalue weighted by molar-refractivity contribution is 0.0254. The third-order valence-corrected chi connectivity index (χ3v) is 2.40. The second-order valence-electron chi connectivity index (χ2n) is 4.90. The number of nitrogens with one attached hydrogen (secondary N) is 1. The van der Waals surface area contributed by atoms with Gasteiger partial charge in [-0.05, 0) is 33.6 Å². The summed E-state index contributed by atoms with van der Waals surface area (Å²) in [5.74, 6) is 0.128. The van der Waals surface area contributed by atoms with E-state index in [1.165, 1.54) is 7.11 Å². The molecule has 5 heteroatoms. The summed E-state index contributed by atoms with van der Waals surface area (Å²) in [5.41, 5.74) is -0.501. The first-order chi connectivity index (χ1) is 7.35. The van der Waals surface area contributed by atoms with Crippen LogP contribution in [0.2, 0.25) is 0 Å². The zero-order valence-electron chi connectivity index (χ0n) is 10.4. The molecule has 0 aromatic carbocycles. The fraction of sp³-hybridized carbons (Fsp3) is 0.818. The number of methoxy groups -OCH3 is 1. The number of amides is 1. The molecule has 0 bridgehead atoms. The van der Waals surface area contributed by atoms with Crippen LogP contribution in [0.5, 0.6) is 0 Å². The van der Waals surface area contributed by atoms with Gasteiger partial charge in [0.05, 0.1) is 7.11 Å². The van der Waals surface area contributed by atoms with Crippen LogP contribution < -0.4 is 0 Å². The molecule has 92 valence electrons. The molecule has 1 amide bonds. The first-order valence-corrected chi connectivity index (χ1v) is 5.47. The third kappa shape index (κ3) is 3.12. The smallest absolute Gasteiger partial charge is 0.410 e. The Kier molecular flexibility index (Phi) is 3.78. The Balaban J connectivity index is 2.65. The van der Waals surface area contributed by atoms with Crippen LogP contribution in [-0.2, 0) is 9.47 Å². The van der Waals surface area contributed by atoms with Gasteiger partial charge < -0.3 is 9.47 Å². The highest BCUT2D eigenvalue weighted by Crippen LogP contribution is 2.21. The summed E-state index contributed by atoms with van der Waals surface area (Å²) >= 11 is 0. The van der Waals surface area contributed by atoms with Gasteiger partial charge in [-0.2, -0.15) is 0 Å². The number of rotatable bonds is 1. The Bertz CT molecular complexity index is 283. The molecule has 0 radical (unpaired) electrons. The number of hydrogen-bond donors (Lipinski definition) is 1. The van der Waals surface area contributed by atoms with Crippen LogP contribution in [0.1, 0.15) is 33.6 Å². The molecule has 1 aliphatic heterocycles. The molecule has 1 aliphatic rings. The number of ether oxygens (including phenoxy) is 2. The van der Waals surface area contributed by atoms with Crippen LogP contribution in [0.3, 0.4) is 0 Å². The van der Waals surface area contributed by atoms with Crippen molar-refractivity contribution in [2.24, 2.45) is 0 Å². The molecule has 0 unspecified atom stereocenters. The van der Waals surface area contributed by atoms with Crippen molar-refractivity contribution in [3.8, 4) is 0 Å². The van der Waals surface area contributed by atoms with Crippen molar-refractivity contribution in [2.45, 2.75) is 45.3 Å². The zero-order chi connectivity index (χ0) is 12.3. The lowest BCUT2D eigenvalue weighted by Gasteiger charge is -2.28. The van der Waals surface area contributed by atoms with Crippen molar-refractivity contribution in [1.82, 2.24) is 4.90 Å². The molecule has 1 saturated heterocycles. The van der Waals surface area contributed by atoms with Gasteiger partial charge in [-0.1, -0.05) is 0 Å². The van der Waals surface area contributed by atoms with Crippen molar-refractivity contribution in [3.05, 3.63) is 0 Å². The van der Waals surface area contributed by atoms with E-state index in [1.807, 2.05) is 20.8 Å². The molecule has 5 nitrogen and oxygen atoms in total.